The average molecular weight is 218 g/mol. The second-order valence-corrected chi connectivity index (χ2v) is 3.49. The van der Waals surface area contributed by atoms with Crippen LogP contribution in [0, 0.1) is 0 Å². The van der Waals surface area contributed by atoms with E-state index in [0.717, 1.165) is 5.56 Å². The zero-order valence-electron chi connectivity index (χ0n) is 8.74. The van der Waals surface area contributed by atoms with Crippen LogP contribution in [0.5, 0.6) is 0 Å². The summed E-state index contributed by atoms with van der Waals surface area (Å²) in [6.07, 6.45) is 0. The van der Waals surface area contributed by atoms with E-state index >= 15 is 0 Å². The fourth-order valence-electron chi connectivity index (χ4n) is 1.63. The number of anilines is 1. The molecule has 0 fully saturated rings. The van der Waals surface area contributed by atoms with E-state index in [1.165, 1.54) is 4.68 Å². The molecule has 0 bridgehead atoms. The summed E-state index contributed by atoms with van der Waals surface area (Å²) in [7, 11) is 0. The molecular formula is C10H14N6. The Kier molecular flexibility index (Phi) is 2.74. The molecule has 0 saturated carbocycles. The van der Waals surface area contributed by atoms with Crippen molar-refractivity contribution in [1.82, 2.24) is 14.9 Å². The first kappa shape index (κ1) is 10.4. The molecule has 1 atom stereocenters. The number of nitrogen functional groups attached to an aromatic ring is 2. The van der Waals surface area contributed by atoms with E-state index in [1.54, 1.807) is 0 Å². The van der Waals surface area contributed by atoms with Crippen LogP contribution in [0.4, 0.5) is 5.95 Å². The second-order valence-electron chi connectivity index (χ2n) is 3.49. The largest absolute Gasteiger partial charge is 0.366 e. The normalized spacial score (nSPS) is 12.6. The molecule has 1 unspecified atom stereocenters. The highest BCUT2D eigenvalue weighted by atomic mass is 15.4. The molecule has 1 aromatic carbocycles. The van der Waals surface area contributed by atoms with Crippen molar-refractivity contribution in [2.75, 3.05) is 18.1 Å². The van der Waals surface area contributed by atoms with E-state index in [4.69, 9.17) is 17.3 Å². The number of aromatic nitrogens is 3. The molecular weight excluding hydrogens is 204 g/mol. The van der Waals surface area contributed by atoms with Gasteiger partial charge in [-0.3, -0.25) is 0 Å². The maximum Gasteiger partial charge on any atom is 0.240 e. The summed E-state index contributed by atoms with van der Waals surface area (Å²) in [4.78, 5) is 0. The van der Waals surface area contributed by atoms with E-state index in [1.807, 2.05) is 30.3 Å². The van der Waals surface area contributed by atoms with Gasteiger partial charge in [-0.2, -0.15) is 0 Å². The van der Waals surface area contributed by atoms with Crippen LogP contribution in [0.2, 0.25) is 0 Å². The summed E-state index contributed by atoms with van der Waals surface area (Å²) < 4.78 is 1.27. The van der Waals surface area contributed by atoms with Gasteiger partial charge in [0.2, 0.25) is 5.95 Å². The number of hydrogen-bond acceptors (Lipinski definition) is 5. The monoisotopic (exact) mass is 218 g/mol. The highest BCUT2D eigenvalue weighted by Crippen LogP contribution is 2.21. The Bertz CT molecular complexity index is 463. The first-order valence-corrected chi connectivity index (χ1v) is 4.95. The van der Waals surface area contributed by atoms with Crippen molar-refractivity contribution in [3.8, 4) is 0 Å². The van der Waals surface area contributed by atoms with Gasteiger partial charge in [0, 0.05) is 6.54 Å². The van der Waals surface area contributed by atoms with Crippen LogP contribution in [-0.2, 0) is 0 Å². The van der Waals surface area contributed by atoms with Gasteiger partial charge in [-0.1, -0.05) is 30.3 Å². The van der Waals surface area contributed by atoms with Crippen molar-refractivity contribution in [2.45, 2.75) is 5.92 Å². The summed E-state index contributed by atoms with van der Waals surface area (Å²) in [5.74, 6) is 6.40. The van der Waals surface area contributed by atoms with Gasteiger partial charge in [0.1, 0.15) is 0 Å². The van der Waals surface area contributed by atoms with Crippen LogP contribution in [0.3, 0.4) is 0 Å². The zero-order valence-corrected chi connectivity index (χ0v) is 8.74. The molecule has 2 aromatic rings. The fourth-order valence-corrected chi connectivity index (χ4v) is 1.63. The lowest BCUT2D eigenvalue weighted by molar-refractivity contribution is 0.717. The first-order chi connectivity index (χ1) is 7.74. The predicted octanol–water partition coefficient (Wildman–Crippen LogP) is -0.335. The SMILES string of the molecule is NCC(c1ccccc1)c1nnc(N)n1N. The third-order valence-corrected chi connectivity index (χ3v) is 2.50. The summed E-state index contributed by atoms with van der Waals surface area (Å²) in [6.45, 7) is 0.402. The van der Waals surface area contributed by atoms with Crippen molar-refractivity contribution < 1.29 is 0 Å². The highest BCUT2D eigenvalue weighted by Gasteiger charge is 2.19. The molecule has 0 radical (unpaired) electrons. The van der Waals surface area contributed by atoms with Gasteiger partial charge in [0.15, 0.2) is 5.82 Å². The number of benzene rings is 1. The summed E-state index contributed by atoms with van der Waals surface area (Å²) >= 11 is 0. The Balaban J connectivity index is 2.41. The van der Waals surface area contributed by atoms with Crippen LogP contribution in [0.15, 0.2) is 30.3 Å². The van der Waals surface area contributed by atoms with Crippen molar-refractivity contribution in [2.24, 2.45) is 5.73 Å². The molecule has 1 aromatic heterocycles. The van der Waals surface area contributed by atoms with Crippen LogP contribution >= 0.6 is 0 Å². The lowest BCUT2D eigenvalue weighted by Crippen LogP contribution is -2.23. The Morgan fingerprint density at radius 3 is 2.38 bits per heavy atom. The standard InChI is InChI=1S/C10H14N6/c11-6-8(7-4-2-1-3-5-7)9-14-15-10(12)16(9)13/h1-5,8H,6,11,13H2,(H2,12,15). The van der Waals surface area contributed by atoms with E-state index < -0.39 is 0 Å². The lowest BCUT2D eigenvalue weighted by Gasteiger charge is -2.13. The summed E-state index contributed by atoms with van der Waals surface area (Å²) in [6, 6.07) is 9.78. The molecule has 6 heteroatoms. The summed E-state index contributed by atoms with van der Waals surface area (Å²) in [5.41, 5.74) is 12.3. The van der Waals surface area contributed by atoms with Gasteiger partial charge in [-0.15, -0.1) is 10.2 Å². The van der Waals surface area contributed by atoms with Gasteiger partial charge in [-0.25, -0.2) is 4.68 Å². The Morgan fingerprint density at radius 1 is 1.19 bits per heavy atom. The first-order valence-electron chi connectivity index (χ1n) is 4.95. The minimum absolute atomic E-state index is 0.0870. The molecule has 0 aliphatic heterocycles. The maximum absolute atomic E-state index is 5.74. The molecule has 0 spiro atoms. The second kappa shape index (κ2) is 4.19. The smallest absolute Gasteiger partial charge is 0.240 e. The average Bonchev–Trinajstić information content (AvgIpc) is 2.64. The minimum atomic E-state index is -0.0870. The van der Waals surface area contributed by atoms with Crippen LogP contribution in [0.1, 0.15) is 17.3 Å². The van der Waals surface area contributed by atoms with E-state index in [-0.39, 0.29) is 11.9 Å². The zero-order chi connectivity index (χ0) is 11.5. The minimum Gasteiger partial charge on any atom is -0.366 e. The molecule has 6 N–H and O–H groups in total. The molecule has 16 heavy (non-hydrogen) atoms. The molecule has 2 rings (SSSR count). The molecule has 0 aliphatic rings. The van der Waals surface area contributed by atoms with Crippen LogP contribution in [-0.4, -0.2) is 21.4 Å². The Hall–Kier alpha value is -2.08. The maximum atomic E-state index is 5.74. The molecule has 0 amide bonds. The van der Waals surface area contributed by atoms with Gasteiger partial charge < -0.3 is 17.3 Å². The summed E-state index contributed by atoms with van der Waals surface area (Å²) in [5, 5.41) is 7.67. The fraction of sp³-hybridized carbons (Fsp3) is 0.200. The van der Waals surface area contributed by atoms with Crippen LogP contribution in [0.25, 0.3) is 0 Å². The Morgan fingerprint density at radius 2 is 1.88 bits per heavy atom. The molecule has 0 saturated heterocycles. The van der Waals surface area contributed by atoms with Gasteiger partial charge >= 0.3 is 0 Å². The lowest BCUT2D eigenvalue weighted by atomic mass is 9.99. The van der Waals surface area contributed by atoms with E-state index in [2.05, 4.69) is 10.2 Å². The number of nitrogens with zero attached hydrogens (tertiary/aromatic N) is 3. The third-order valence-electron chi connectivity index (χ3n) is 2.50. The molecule has 84 valence electrons. The topological polar surface area (TPSA) is 109 Å². The van der Waals surface area contributed by atoms with Gasteiger partial charge in [0.05, 0.1) is 5.92 Å². The Labute approximate surface area is 93.0 Å². The van der Waals surface area contributed by atoms with E-state index in [9.17, 15) is 0 Å². The molecule has 0 aliphatic carbocycles. The van der Waals surface area contributed by atoms with Gasteiger partial charge in [-0.05, 0) is 5.56 Å². The number of rotatable bonds is 3. The number of hydrogen-bond donors (Lipinski definition) is 3. The van der Waals surface area contributed by atoms with Gasteiger partial charge in [0.25, 0.3) is 0 Å². The van der Waals surface area contributed by atoms with Crippen LogP contribution < -0.4 is 17.3 Å². The third kappa shape index (κ3) is 1.70. The predicted molar refractivity (Wildman–Crippen MR) is 61.9 cm³/mol. The highest BCUT2D eigenvalue weighted by molar-refractivity contribution is 5.29. The van der Waals surface area contributed by atoms with E-state index in [0.29, 0.717) is 12.4 Å². The van der Waals surface area contributed by atoms with Crippen molar-refractivity contribution in [3.63, 3.8) is 0 Å². The quantitative estimate of drug-likeness (QED) is 0.611. The van der Waals surface area contributed by atoms with Crippen molar-refractivity contribution in [3.05, 3.63) is 41.7 Å². The molecule has 6 nitrogen and oxygen atoms in total. The number of nitrogens with two attached hydrogens (primary N) is 3. The molecule has 1 heterocycles. The van der Waals surface area contributed by atoms with Crippen molar-refractivity contribution in [1.29, 1.82) is 0 Å². The van der Waals surface area contributed by atoms with Crippen molar-refractivity contribution >= 4 is 5.95 Å².